The topological polar surface area (TPSA) is 86.7 Å². The van der Waals surface area contributed by atoms with Gasteiger partial charge in [0.1, 0.15) is 5.82 Å². The number of halogens is 1. The number of hydrogen-bond acceptors (Lipinski definition) is 7. The summed E-state index contributed by atoms with van der Waals surface area (Å²) in [5.74, 6) is 0.435. The van der Waals surface area contributed by atoms with Gasteiger partial charge in [-0.2, -0.15) is 15.4 Å². The van der Waals surface area contributed by atoms with Crippen LogP contribution in [0.3, 0.4) is 0 Å². The molecule has 0 atom stereocenters. The van der Waals surface area contributed by atoms with E-state index in [4.69, 9.17) is 0 Å². The molecular formula is C21H27FN8. The third-order valence-electron chi connectivity index (χ3n) is 5.28. The van der Waals surface area contributed by atoms with E-state index in [1.165, 1.54) is 0 Å². The molecule has 1 aromatic carbocycles. The summed E-state index contributed by atoms with van der Waals surface area (Å²) in [7, 11) is 0. The Balaban J connectivity index is 1.59. The molecule has 2 aromatic heterocycles. The number of hydrogen-bond donors (Lipinski definition) is 1. The predicted molar refractivity (Wildman–Crippen MR) is 112 cm³/mol. The molecule has 0 aliphatic carbocycles. The first-order chi connectivity index (χ1) is 14.6. The van der Waals surface area contributed by atoms with Crippen LogP contribution in [0.5, 0.6) is 0 Å². The Morgan fingerprint density at radius 3 is 2.77 bits per heavy atom. The van der Waals surface area contributed by atoms with Crippen LogP contribution in [0.2, 0.25) is 0 Å². The van der Waals surface area contributed by atoms with Crippen LogP contribution in [0.1, 0.15) is 31.5 Å². The molecule has 3 aromatic rings. The summed E-state index contributed by atoms with van der Waals surface area (Å²) in [5.41, 5.74) is 3.21. The maximum atomic E-state index is 15.2. The monoisotopic (exact) mass is 410 g/mol. The van der Waals surface area contributed by atoms with Gasteiger partial charge in [-0.1, -0.05) is 13.8 Å². The van der Waals surface area contributed by atoms with Crippen LogP contribution in [0.4, 0.5) is 10.1 Å². The van der Waals surface area contributed by atoms with Gasteiger partial charge in [-0.25, -0.2) is 4.39 Å². The lowest BCUT2D eigenvalue weighted by Gasteiger charge is -2.26. The van der Waals surface area contributed by atoms with Crippen LogP contribution in [0.25, 0.3) is 11.4 Å². The van der Waals surface area contributed by atoms with Gasteiger partial charge in [0.25, 0.3) is 0 Å². The van der Waals surface area contributed by atoms with Crippen LogP contribution in [0.15, 0.2) is 30.5 Å². The summed E-state index contributed by atoms with van der Waals surface area (Å²) >= 11 is 0. The van der Waals surface area contributed by atoms with E-state index in [2.05, 4.69) is 60.5 Å². The fourth-order valence-electron chi connectivity index (χ4n) is 3.99. The molecule has 1 aliphatic heterocycles. The molecule has 0 bridgehead atoms. The van der Waals surface area contributed by atoms with Crippen molar-refractivity contribution in [3.63, 3.8) is 0 Å². The fourth-order valence-corrected chi connectivity index (χ4v) is 3.99. The highest BCUT2D eigenvalue weighted by atomic mass is 19.1. The Kier molecular flexibility index (Phi) is 6.27. The van der Waals surface area contributed by atoms with E-state index >= 15 is 4.39 Å². The zero-order valence-electron chi connectivity index (χ0n) is 17.4. The van der Waals surface area contributed by atoms with Crippen molar-refractivity contribution in [2.24, 2.45) is 5.92 Å². The van der Waals surface area contributed by atoms with E-state index in [0.717, 1.165) is 62.5 Å². The zero-order valence-corrected chi connectivity index (χ0v) is 17.4. The zero-order chi connectivity index (χ0) is 20.9. The van der Waals surface area contributed by atoms with Crippen molar-refractivity contribution in [2.45, 2.75) is 33.2 Å². The van der Waals surface area contributed by atoms with E-state index in [1.54, 1.807) is 12.3 Å². The largest absolute Gasteiger partial charge is 0.370 e. The summed E-state index contributed by atoms with van der Waals surface area (Å²) in [6.45, 7) is 8.49. The highest BCUT2D eigenvalue weighted by Gasteiger charge is 2.23. The molecule has 0 amide bonds. The minimum atomic E-state index is -0.301. The number of nitrogens with zero attached hydrogens (tertiary/aromatic N) is 7. The molecule has 1 saturated heterocycles. The maximum Gasteiger partial charge on any atom is 0.209 e. The van der Waals surface area contributed by atoms with Gasteiger partial charge in [0.2, 0.25) is 5.82 Å². The molecule has 1 fully saturated rings. The van der Waals surface area contributed by atoms with Crippen LogP contribution in [-0.4, -0.2) is 61.9 Å². The molecule has 0 unspecified atom stereocenters. The Labute approximate surface area is 175 Å². The van der Waals surface area contributed by atoms with E-state index in [1.807, 2.05) is 12.1 Å². The molecule has 9 heteroatoms. The number of aromatic nitrogens is 6. The normalized spacial score (nSPS) is 15.5. The quantitative estimate of drug-likeness (QED) is 0.669. The second kappa shape index (κ2) is 9.25. The third kappa shape index (κ3) is 4.79. The van der Waals surface area contributed by atoms with Crippen molar-refractivity contribution in [3.8, 4) is 11.4 Å². The van der Waals surface area contributed by atoms with E-state index in [9.17, 15) is 0 Å². The molecular weight excluding hydrogens is 383 g/mol. The summed E-state index contributed by atoms with van der Waals surface area (Å²) < 4.78 is 15.2. The fraction of sp³-hybridized carbons (Fsp3) is 0.476. The van der Waals surface area contributed by atoms with Crippen molar-refractivity contribution in [2.75, 3.05) is 31.1 Å². The third-order valence-corrected chi connectivity index (χ3v) is 5.28. The number of tetrazole rings is 1. The number of H-pyrrole nitrogens is 1. The van der Waals surface area contributed by atoms with Crippen LogP contribution < -0.4 is 4.90 Å². The number of aromatic amines is 1. The van der Waals surface area contributed by atoms with Gasteiger partial charge in [0, 0.05) is 38.9 Å². The second-order valence-electron chi connectivity index (χ2n) is 8.14. The number of anilines is 1. The molecule has 158 valence electrons. The number of benzene rings is 1. The average Bonchev–Trinajstić information content (AvgIpc) is 3.14. The van der Waals surface area contributed by atoms with Crippen LogP contribution in [0, 0.1) is 11.7 Å². The summed E-state index contributed by atoms with van der Waals surface area (Å²) in [6.07, 6.45) is 3.48. The highest BCUT2D eigenvalue weighted by molar-refractivity contribution is 5.75. The molecule has 0 radical (unpaired) electrons. The van der Waals surface area contributed by atoms with Crippen molar-refractivity contribution >= 4 is 5.69 Å². The van der Waals surface area contributed by atoms with Gasteiger partial charge in [-0.3, -0.25) is 4.90 Å². The van der Waals surface area contributed by atoms with Crippen LogP contribution >= 0.6 is 0 Å². The molecule has 8 nitrogen and oxygen atoms in total. The summed E-state index contributed by atoms with van der Waals surface area (Å²) in [5, 5.41) is 22.3. The second-order valence-corrected chi connectivity index (χ2v) is 8.14. The molecule has 1 N–H and O–H groups in total. The SMILES string of the molecule is CC(C)Cc1cc(F)c(-c2nn[nH]n2)c(N2CCCN(Cc3cccnn3)CC2)c1. The van der Waals surface area contributed by atoms with Crippen molar-refractivity contribution < 1.29 is 4.39 Å². The van der Waals surface area contributed by atoms with Crippen molar-refractivity contribution in [3.05, 3.63) is 47.5 Å². The predicted octanol–water partition coefficient (Wildman–Crippen LogP) is 2.71. The number of rotatable bonds is 6. The summed E-state index contributed by atoms with van der Waals surface area (Å²) in [4.78, 5) is 4.61. The van der Waals surface area contributed by atoms with Gasteiger partial charge in [0.15, 0.2) is 0 Å². The maximum absolute atomic E-state index is 15.2. The first kappa shape index (κ1) is 20.3. The lowest BCUT2D eigenvalue weighted by Crippen LogP contribution is -2.31. The van der Waals surface area contributed by atoms with E-state index < -0.39 is 0 Å². The van der Waals surface area contributed by atoms with Crippen molar-refractivity contribution in [1.29, 1.82) is 0 Å². The molecule has 0 spiro atoms. The first-order valence-electron chi connectivity index (χ1n) is 10.4. The summed E-state index contributed by atoms with van der Waals surface area (Å²) in [6, 6.07) is 7.60. The Hall–Kier alpha value is -2.94. The van der Waals surface area contributed by atoms with Gasteiger partial charge < -0.3 is 4.90 Å². The minimum absolute atomic E-state index is 0.291. The first-order valence-corrected chi connectivity index (χ1v) is 10.4. The molecule has 30 heavy (non-hydrogen) atoms. The van der Waals surface area contributed by atoms with Crippen LogP contribution in [-0.2, 0) is 13.0 Å². The van der Waals surface area contributed by atoms with E-state index in [0.29, 0.717) is 17.3 Å². The van der Waals surface area contributed by atoms with Gasteiger partial charge in [-0.15, -0.1) is 10.2 Å². The Morgan fingerprint density at radius 1 is 1.13 bits per heavy atom. The van der Waals surface area contributed by atoms with Gasteiger partial charge in [-0.05, 0) is 53.8 Å². The lowest BCUT2D eigenvalue weighted by atomic mass is 9.99. The van der Waals surface area contributed by atoms with Gasteiger partial charge >= 0.3 is 0 Å². The highest BCUT2D eigenvalue weighted by Crippen LogP contribution is 2.33. The standard InChI is InChI=1S/C21H27FN8/c1-15(2)11-16-12-18(22)20(21-25-27-28-26-21)19(13-16)30-8-4-7-29(9-10-30)14-17-5-3-6-23-24-17/h3,5-6,12-13,15H,4,7-11,14H2,1-2H3,(H,25,26,27,28). The molecule has 3 heterocycles. The average molecular weight is 411 g/mol. The number of nitrogens with one attached hydrogen (secondary N) is 1. The molecule has 0 saturated carbocycles. The molecule has 1 aliphatic rings. The smallest absolute Gasteiger partial charge is 0.209 e. The van der Waals surface area contributed by atoms with Gasteiger partial charge in [0.05, 0.1) is 16.9 Å². The minimum Gasteiger partial charge on any atom is -0.370 e. The van der Waals surface area contributed by atoms with Crippen molar-refractivity contribution in [1.82, 2.24) is 35.7 Å². The Morgan fingerprint density at radius 2 is 2.03 bits per heavy atom. The molecule has 4 rings (SSSR count). The Bertz CT molecular complexity index is 945. The lowest BCUT2D eigenvalue weighted by molar-refractivity contribution is 0.281. The van der Waals surface area contributed by atoms with E-state index in [-0.39, 0.29) is 5.82 Å².